The fourth-order valence-corrected chi connectivity index (χ4v) is 2.02. The Morgan fingerprint density at radius 3 is 2.81 bits per heavy atom. The number of hydrogen-bond acceptors (Lipinski definition) is 3. The van der Waals surface area contributed by atoms with Crippen LogP contribution in [0.15, 0.2) is 24.7 Å². The summed E-state index contributed by atoms with van der Waals surface area (Å²) in [6, 6.07) is 1.91. The number of alkyl halides is 1. The van der Waals surface area contributed by atoms with Crippen LogP contribution in [-0.2, 0) is 26.2 Å². The van der Waals surface area contributed by atoms with Gasteiger partial charge in [-0.25, -0.2) is 4.39 Å². The lowest BCUT2D eigenvalue weighted by molar-refractivity contribution is 0.425. The molecule has 2 rings (SSSR count). The number of halogens is 2. The monoisotopic (exact) mass is 315 g/mol. The van der Waals surface area contributed by atoms with Crippen LogP contribution in [0.3, 0.4) is 0 Å². The largest absolute Gasteiger partial charge is 0.307 e. The summed E-state index contributed by atoms with van der Waals surface area (Å²) >= 11 is 0. The summed E-state index contributed by atoms with van der Waals surface area (Å²) in [6.07, 6.45) is 5.75. The molecule has 0 radical (unpaired) electrons. The van der Waals surface area contributed by atoms with Crippen molar-refractivity contribution in [3.8, 4) is 0 Å². The van der Waals surface area contributed by atoms with Gasteiger partial charge in [0.1, 0.15) is 6.67 Å². The third kappa shape index (κ3) is 5.85. The van der Waals surface area contributed by atoms with Crippen LogP contribution in [0.2, 0.25) is 0 Å². The van der Waals surface area contributed by atoms with E-state index in [9.17, 15) is 4.39 Å². The van der Waals surface area contributed by atoms with Gasteiger partial charge in [0, 0.05) is 37.6 Å². The molecule has 7 heteroatoms. The smallest absolute Gasteiger partial charge is 0.109 e. The van der Waals surface area contributed by atoms with Gasteiger partial charge in [0.25, 0.3) is 0 Å². The molecule has 0 amide bonds. The van der Waals surface area contributed by atoms with Gasteiger partial charge in [-0.15, -0.1) is 12.4 Å². The Kier molecular flexibility index (Phi) is 7.39. The molecule has 21 heavy (non-hydrogen) atoms. The molecule has 118 valence electrons. The fourth-order valence-electron chi connectivity index (χ4n) is 2.02. The normalized spacial score (nSPS) is 10.9. The van der Waals surface area contributed by atoms with Crippen molar-refractivity contribution in [1.29, 1.82) is 0 Å². The van der Waals surface area contributed by atoms with Crippen molar-refractivity contribution < 1.29 is 4.39 Å². The number of rotatable bonds is 8. The van der Waals surface area contributed by atoms with Gasteiger partial charge in [0.05, 0.1) is 18.4 Å². The molecule has 2 heterocycles. The van der Waals surface area contributed by atoms with Gasteiger partial charge in [-0.3, -0.25) is 9.36 Å². The summed E-state index contributed by atoms with van der Waals surface area (Å²) in [7, 11) is 0. The summed E-state index contributed by atoms with van der Waals surface area (Å²) in [5.41, 5.74) is 2.09. The first-order valence-corrected chi connectivity index (χ1v) is 6.97. The summed E-state index contributed by atoms with van der Waals surface area (Å²) in [4.78, 5) is 0. The highest BCUT2D eigenvalue weighted by Crippen LogP contribution is 2.02. The van der Waals surface area contributed by atoms with E-state index in [1.165, 1.54) is 0 Å². The van der Waals surface area contributed by atoms with Crippen molar-refractivity contribution in [2.45, 2.75) is 40.0 Å². The molecular weight excluding hydrogens is 293 g/mol. The fraction of sp³-hybridized carbons (Fsp3) is 0.571. The van der Waals surface area contributed by atoms with Crippen LogP contribution in [0.25, 0.3) is 0 Å². The van der Waals surface area contributed by atoms with E-state index in [0.29, 0.717) is 19.0 Å². The average Bonchev–Trinajstić information content (AvgIpc) is 2.99. The van der Waals surface area contributed by atoms with E-state index in [0.717, 1.165) is 24.3 Å². The van der Waals surface area contributed by atoms with E-state index in [1.54, 1.807) is 10.9 Å². The first-order valence-electron chi connectivity index (χ1n) is 6.97. The molecule has 0 fully saturated rings. The number of aryl methyl sites for hydroxylation is 1. The predicted octanol–water partition coefficient (Wildman–Crippen LogP) is 2.42. The maximum absolute atomic E-state index is 12.2. The van der Waals surface area contributed by atoms with Gasteiger partial charge in [0.15, 0.2) is 0 Å². The van der Waals surface area contributed by atoms with E-state index in [-0.39, 0.29) is 19.1 Å². The SMILES string of the molecule is CC(C)Cn1cc(CNCc2ccn(CCF)n2)cn1.Cl. The lowest BCUT2D eigenvalue weighted by Crippen LogP contribution is -2.13. The molecule has 0 atom stereocenters. The third-order valence-corrected chi connectivity index (χ3v) is 2.88. The zero-order chi connectivity index (χ0) is 14.4. The van der Waals surface area contributed by atoms with Crippen LogP contribution in [0.4, 0.5) is 4.39 Å². The van der Waals surface area contributed by atoms with E-state index in [2.05, 4.69) is 35.6 Å². The van der Waals surface area contributed by atoms with Crippen LogP contribution in [0.1, 0.15) is 25.1 Å². The number of aromatic nitrogens is 4. The molecule has 0 unspecified atom stereocenters. The lowest BCUT2D eigenvalue weighted by atomic mass is 10.2. The van der Waals surface area contributed by atoms with Crippen LogP contribution in [0.5, 0.6) is 0 Å². The van der Waals surface area contributed by atoms with E-state index in [4.69, 9.17) is 0 Å². The number of hydrogen-bond donors (Lipinski definition) is 1. The molecule has 0 spiro atoms. The van der Waals surface area contributed by atoms with E-state index >= 15 is 0 Å². The Balaban J connectivity index is 0.00000220. The number of nitrogens with zero attached hydrogens (tertiary/aromatic N) is 4. The van der Waals surface area contributed by atoms with Gasteiger partial charge >= 0.3 is 0 Å². The standard InChI is InChI=1S/C14H22FN5.ClH/c1-12(2)10-20-11-13(8-17-20)7-16-9-14-3-5-19(18-14)6-4-15;/h3,5,8,11-12,16H,4,6-7,9-10H2,1-2H3;1H. The summed E-state index contributed by atoms with van der Waals surface area (Å²) in [6.45, 7) is 6.66. The summed E-state index contributed by atoms with van der Waals surface area (Å²) in [5, 5.41) is 11.9. The highest BCUT2D eigenvalue weighted by molar-refractivity contribution is 5.85. The minimum absolute atomic E-state index is 0. The second kappa shape index (κ2) is 8.79. The molecule has 0 aliphatic rings. The van der Waals surface area contributed by atoms with Crippen LogP contribution in [0, 0.1) is 5.92 Å². The minimum atomic E-state index is -0.385. The topological polar surface area (TPSA) is 47.7 Å². The maximum atomic E-state index is 12.2. The molecular formula is C14H23ClFN5. The molecule has 5 nitrogen and oxygen atoms in total. The number of nitrogens with one attached hydrogen (secondary N) is 1. The molecule has 0 saturated carbocycles. The minimum Gasteiger partial charge on any atom is -0.307 e. The molecule has 0 aliphatic carbocycles. The predicted molar refractivity (Wildman–Crippen MR) is 83.1 cm³/mol. The Bertz CT molecular complexity index is 523. The van der Waals surface area contributed by atoms with E-state index < -0.39 is 0 Å². The van der Waals surface area contributed by atoms with Crippen molar-refractivity contribution in [2.75, 3.05) is 6.67 Å². The Labute approximate surface area is 130 Å². The second-order valence-electron chi connectivity index (χ2n) is 5.33. The van der Waals surface area contributed by atoms with Gasteiger partial charge in [-0.2, -0.15) is 10.2 Å². The quantitative estimate of drug-likeness (QED) is 0.814. The summed E-state index contributed by atoms with van der Waals surface area (Å²) < 4.78 is 15.8. The molecule has 1 N–H and O–H groups in total. The Morgan fingerprint density at radius 2 is 2.10 bits per heavy atom. The third-order valence-electron chi connectivity index (χ3n) is 2.88. The second-order valence-corrected chi connectivity index (χ2v) is 5.33. The Morgan fingerprint density at radius 1 is 1.29 bits per heavy atom. The van der Waals surface area contributed by atoms with E-state index in [1.807, 2.05) is 16.9 Å². The van der Waals surface area contributed by atoms with Crippen molar-refractivity contribution in [3.05, 3.63) is 35.9 Å². The molecule has 0 bridgehead atoms. The van der Waals surface area contributed by atoms with Crippen LogP contribution >= 0.6 is 12.4 Å². The molecule has 0 aliphatic heterocycles. The van der Waals surface area contributed by atoms with Crippen molar-refractivity contribution >= 4 is 12.4 Å². The molecule has 0 aromatic carbocycles. The van der Waals surface area contributed by atoms with Gasteiger partial charge in [-0.05, 0) is 12.0 Å². The zero-order valence-electron chi connectivity index (χ0n) is 12.5. The molecule has 0 saturated heterocycles. The summed E-state index contributed by atoms with van der Waals surface area (Å²) in [5.74, 6) is 0.593. The van der Waals surface area contributed by atoms with Crippen molar-refractivity contribution in [1.82, 2.24) is 24.9 Å². The molecule has 2 aromatic heterocycles. The van der Waals surface area contributed by atoms with Crippen LogP contribution < -0.4 is 5.32 Å². The zero-order valence-corrected chi connectivity index (χ0v) is 13.3. The van der Waals surface area contributed by atoms with Crippen LogP contribution in [-0.4, -0.2) is 26.2 Å². The average molecular weight is 316 g/mol. The lowest BCUT2D eigenvalue weighted by Gasteiger charge is -2.03. The van der Waals surface area contributed by atoms with Gasteiger partial charge in [0.2, 0.25) is 0 Å². The van der Waals surface area contributed by atoms with Gasteiger partial charge in [-0.1, -0.05) is 13.8 Å². The highest BCUT2D eigenvalue weighted by atomic mass is 35.5. The maximum Gasteiger partial charge on any atom is 0.109 e. The first kappa shape index (κ1) is 17.7. The highest BCUT2D eigenvalue weighted by Gasteiger charge is 2.02. The first-order chi connectivity index (χ1) is 9.67. The van der Waals surface area contributed by atoms with Crippen molar-refractivity contribution in [3.63, 3.8) is 0 Å². The molecule has 2 aromatic rings. The van der Waals surface area contributed by atoms with Gasteiger partial charge < -0.3 is 5.32 Å². The Hall–Kier alpha value is -1.40. The van der Waals surface area contributed by atoms with Crippen molar-refractivity contribution in [2.24, 2.45) is 5.92 Å².